The quantitative estimate of drug-likeness (QED) is 0.828. The van der Waals surface area contributed by atoms with Crippen molar-refractivity contribution in [2.75, 3.05) is 19.6 Å². The van der Waals surface area contributed by atoms with Crippen molar-refractivity contribution in [2.45, 2.75) is 44.3 Å². The average molecular weight is 382 g/mol. The van der Waals surface area contributed by atoms with E-state index < -0.39 is 12.0 Å². The van der Waals surface area contributed by atoms with Crippen LogP contribution in [0, 0.1) is 0 Å². The highest BCUT2D eigenvalue weighted by atomic mass is 16.4. The highest BCUT2D eigenvalue weighted by Gasteiger charge is 2.37. The Morgan fingerprint density at radius 1 is 1.18 bits per heavy atom. The Morgan fingerprint density at radius 2 is 1.93 bits per heavy atom. The average Bonchev–Trinajstić information content (AvgIpc) is 3.35. The predicted molar refractivity (Wildman–Crippen MR) is 104 cm³/mol. The third-order valence-electron chi connectivity index (χ3n) is 5.81. The van der Waals surface area contributed by atoms with Gasteiger partial charge in [-0.15, -0.1) is 0 Å². The van der Waals surface area contributed by atoms with Crippen molar-refractivity contribution in [2.24, 2.45) is 0 Å². The number of carbonyl (C=O) groups is 2. The molecular formula is C21H26N4O3. The number of aromatic nitrogens is 2. The molecule has 28 heavy (non-hydrogen) atoms. The molecule has 0 spiro atoms. The summed E-state index contributed by atoms with van der Waals surface area (Å²) >= 11 is 0. The van der Waals surface area contributed by atoms with E-state index in [4.69, 9.17) is 0 Å². The standard InChI is InChI=1S/C21H26N4O3/c26-19-15-23(10-11-25(19)18-8-4-5-9-18)20(21(27)28)17-12-22-24(14-17)13-16-6-2-1-3-7-16/h1-3,6-7,12,14,18,20H,4-5,8-11,13,15H2,(H,27,28). The van der Waals surface area contributed by atoms with Gasteiger partial charge in [-0.3, -0.25) is 19.2 Å². The van der Waals surface area contributed by atoms with E-state index in [2.05, 4.69) is 5.10 Å². The molecule has 1 aromatic heterocycles. The number of hydrogen-bond donors (Lipinski definition) is 1. The van der Waals surface area contributed by atoms with Crippen LogP contribution in [-0.4, -0.2) is 62.2 Å². The first-order valence-corrected chi connectivity index (χ1v) is 9.94. The van der Waals surface area contributed by atoms with Crippen molar-refractivity contribution in [3.8, 4) is 0 Å². The second-order valence-corrected chi connectivity index (χ2v) is 7.69. The Bertz CT molecular complexity index is 829. The fraction of sp³-hybridized carbons (Fsp3) is 0.476. The predicted octanol–water partition coefficient (Wildman–Crippen LogP) is 2.14. The molecule has 2 heterocycles. The lowest BCUT2D eigenvalue weighted by Gasteiger charge is -2.39. The third kappa shape index (κ3) is 3.94. The van der Waals surface area contributed by atoms with E-state index in [0.29, 0.717) is 31.2 Å². The van der Waals surface area contributed by atoms with Gasteiger partial charge in [0.05, 0.1) is 19.3 Å². The lowest BCUT2D eigenvalue weighted by Crippen LogP contribution is -2.55. The zero-order valence-electron chi connectivity index (χ0n) is 15.9. The lowest BCUT2D eigenvalue weighted by molar-refractivity contribution is -0.148. The van der Waals surface area contributed by atoms with Crippen molar-refractivity contribution in [3.05, 3.63) is 53.9 Å². The molecule has 7 nitrogen and oxygen atoms in total. The smallest absolute Gasteiger partial charge is 0.325 e. The molecule has 7 heteroatoms. The van der Waals surface area contributed by atoms with Crippen molar-refractivity contribution in [1.82, 2.24) is 19.6 Å². The third-order valence-corrected chi connectivity index (χ3v) is 5.81. The molecule has 1 saturated heterocycles. The Kier molecular flexibility index (Phi) is 5.43. The van der Waals surface area contributed by atoms with Crippen LogP contribution >= 0.6 is 0 Å². The van der Waals surface area contributed by atoms with Crippen LogP contribution in [-0.2, 0) is 16.1 Å². The van der Waals surface area contributed by atoms with Crippen LogP contribution < -0.4 is 0 Å². The van der Waals surface area contributed by atoms with E-state index in [0.717, 1.165) is 18.4 Å². The molecule has 1 aromatic carbocycles. The summed E-state index contributed by atoms with van der Waals surface area (Å²) in [7, 11) is 0. The molecule has 1 atom stereocenters. The largest absolute Gasteiger partial charge is 0.480 e. The molecule has 1 saturated carbocycles. The fourth-order valence-electron chi connectivity index (χ4n) is 4.41. The Balaban J connectivity index is 1.46. The summed E-state index contributed by atoms with van der Waals surface area (Å²) in [6.07, 6.45) is 7.88. The van der Waals surface area contributed by atoms with Crippen LogP contribution in [0.15, 0.2) is 42.7 Å². The van der Waals surface area contributed by atoms with E-state index in [1.165, 1.54) is 12.8 Å². The summed E-state index contributed by atoms with van der Waals surface area (Å²) in [6.45, 7) is 1.91. The van der Waals surface area contributed by atoms with Gasteiger partial charge >= 0.3 is 5.97 Å². The van der Waals surface area contributed by atoms with E-state index in [9.17, 15) is 14.7 Å². The number of benzene rings is 1. The molecule has 1 aliphatic carbocycles. The van der Waals surface area contributed by atoms with Crippen molar-refractivity contribution >= 4 is 11.9 Å². The maximum Gasteiger partial charge on any atom is 0.325 e. The van der Waals surface area contributed by atoms with Gasteiger partial charge in [0.1, 0.15) is 6.04 Å². The zero-order chi connectivity index (χ0) is 19.5. The van der Waals surface area contributed by atoms with Crippen LogP contribution in [0.5, 0.6) is 0 Å². The number of carboxylic acid groups (broad SMARTS) is 1. The lowest BCUT2D eigenvalue weighted by atomic mass is 10.1. The minimum atomic E-state index is -0.943. The summed E-state index contributed by atoms with van der Waals surface area (Å²) in [5.41, 5.74) is 1.72. The van der Waals surface area contributed by atoms with E-state index >= 15 is 0 Å². The molecule has 1 N–H and O–H groups in total. The molecule has 0 radical (unpaired) electrons. The van der Waals surface area contributed by atoms with Gasteiger partial charge in [-0.25, -0.2) is 0 Å². The zero-order valence-corrected chi connectivity index (χ0v) is 15.9. The van der Waals surface area contributed by atoms with Gasteiger partial charge in [-0.1, -0.05) is 43.2 Å². The minimum Gasteiger partial charge on any atom is -0.480 e. The van der Waals surface area contributed by atoms with Gasteiger partial charge in [-0.2, -0.15) is 5.10 Å². The van der Waals surface area contributed by atoms with Crippen LogP contribution in [0.4, 0.5) is 0 Å². The molecule has 4 rings (SSSR count). The maximum absolute atomic E-state index is 12.7. The molecule has 2 fully saturated rings. The Labute approximate surface area is 164 Å². The Morgan fingerprint density at radius 3 is 2.61 bits per heavy atom. The second-order valence-electron chi connectivity index (χ2n) is 7.69. The molecule has 148 valence electrons. The molecule has 1 aliphatic heterocycles. The maximum atomic E-state index is 12.7. The molecule has 0 bridgehead atoms. The monoisotopic (exact) mass is 382 g/mol. The number of carbonyl (C=O) groups excluding carboxylic acids is 1. The number of nitrogens with zero attached hydrogens (tertiary/aromatic N) is 4. The summed E-state index contributed by atoms with van der Waals surface area (Å²) in [4.78, 5) is 28.4. The number of amides is 1. The van der Waals surface area contributed by atoms with E-state index in [1.807, 2.05) is 35.2 Å². The van der Waals surface area contributed by atoms with Gasteiger partial charge in [0.25, 0.3) is 0 Å². The van der Waals surface area contributed by atoms with Gasteiger partial charge in [-0.05, 0) is 18.4 Å². The van der Waals surface area contributed by atoms with Gasteiger partial charge < -0.3 is 10.0 Å². The topological polar surface area (TPSA) is 78.7 Å². The summed E-state index contributed by atoms with van der Waals surface area (Å²) < 4.78 is 1.75. The summed E-state index contributed by atoms with van der Waals surface area (Å²) in [5, 5.41) is 14.2. The number of hydrogen-bond acceptors (Lipinski definition) is 4. The number of rotatable bonds is 6. The first-order chi connectivity index (χ1) is 13.6. The number of carboxylic acids is 1. The van der Waals surface area contributed by atoms with E-state index in [1.54, 1.807) is 22.0 Å². The minimum absolute atomic E-state index is 0.0427. The molecule has 1 amide bonds. The van der Waals surface area contributed by atoms with Crippen molar-refractivity contribution < 1.29 is 14.7 Å². The normalized spacial score (nSPS) is 19.9. The molecule has 2 aromatic rings. The highest BCUT2D eigenvalue weighted by molar-refractivity contribution is 5.81. The van der Waals surface area contributed by atoms with Gasteiger partial charge in [0, 0.05) is 30.9 Å². The molecule has 1 unspecified atom stereocenters. The SMILES string of the molecule is O=C(O)C(c1cnn(Cc2ccccc2)c1)N1CCN(C2CCCC2)C(=O)C1. The van der Waals surface area contributed by atoms with Crippen LogP contribution in [0.3, 0.4) is 0 Å². The fourth-order valence-corrected chi connectivity index (χ4v) is 4.41. The second kappa shape index (κ2) is 8.14. The van der Waals surface area contributed by atoms with E-state index in [-0.39, 0.29) is 12.5 Å². The van der Waals surface area contributed by atoms with Crippen LogP contribution in [0.1, 0.15) is 42.9 Å². The molecule has 2 aliphatic rings. The van der Waals surface area contributed by atoms with Gasteiger partial charge in [0.2, 0.25) is 5.91 Å². The molecular weight excluding hydrogens is 356 g/mol. The van der Waals surface area contributed by atoms with Gasteiger partial charge in [0.15, 0.2) is 0 Å². The van der Waals surface area contributed by atoms with Crippen LogP contribution in [0.25, 0.3) is 0 Å². The van der Waals surface area contributed by atoms with Crippen molar-refractivity contribution in [1.29, 1.82) is 0 Å². The number of piperazine rings is 1. The van der Waals surface area contributed by atoms with Crippen molar-refractivity contribution in [3.63, 3.8) is 0 Å². The highest BCUT2D eigenvalue weighted by Crippen LogP contribution is 2.28. The summed E-state index contributed by atoms with van der Waals surface area (Å²) in [5.74, 6) is -0.901. The Hall–Kier alpha value is -2.67. The first-order valence-electron chi connectivity index (χ1n) is 9.94. The van der Waals surface area contributed by atoms with Crippen LogP contribution in [0.2, 0.25) is 0 Å². The number of aliphatic carboxylic acids is 1. The summed E-state index contributed by atoms with van der Waals surface area (Å²) in [6, 6.07) is 9.41. The first kappa shape index (κ1) is 18.7.